The van der Waals surface area contributed by atoms with Gasteiger partial charge in [-0.2, -0.15) is 13.2 Å². The fourth-order valence-corrected chi connectivity index (χ4v) is 2.51. The van der Waals surface area contributed by atoms with Crippen LogP contribution in [0, 0.1) is 0 Å². The molecule has 27 heavy (non-hydrogen) atoms. The summed E-state index contributed by atoms with van der Waals surface area (Å²) in [7, 11) is 1.68. The van der Waals surface area contributed by atoms with E-state index in [4.69, 9.17) is 16.0 Å². The Bertz CT molecular complexity index is 813. The van der Waals surface area contributed by atoms with Gasteiger partial charge in [-0.15, -0.1) is 0 Å². The molecule has 0 spiro atoms. The summed E-state index contributed by atoms with van der Waals surface area (Å²) in [6.45, 7) is 6.23. The van der Waals surface area contributed by atoms with Gasteiger partial charge in [0.15, 0.2) is 0 Å². The molecule has 0 bridgehead atoms. The number of nitrogens with zero attached hydrogens (tertiary/aromatic N) is 2. The predicted molar refractivity (Wildman–Crippen MR) is 96.6 cm³/mol. The molecule has 1 amide bonds. The van der Waals surface area contributed by atoms with Crippen molar-refractivity contribution in [1.82, 2.24) is 9.88 Å². The predicted octanol–water partition coefficient (Wildman–Crippen LogP) is 4.71. The minimum absolute atomic E-state index is 0.0243. The maximum absolute atomic E-state index is 12.9. The van der Waals surface area contributed by atoms with Crippen LogP contribution in [-0.4, -0.2) is 29.4 Å². The summed E-state index contributed by atoms with van der Waals surface area (Å²) in [5.74, 6) is 0.729. The van der Waals surface area contributed by atoms with E-state index in [9.17, 15) is 18.0 Å². The van der Waals surface area contributed by atoms with E-state index in [1.54, 1.807) is 18.1 Å². The van der Waals surface area contributed by atoms with Crippen molar-refractivity contribution in [2.24, 2.45) is 0 Å². The second-order valence-electron chi connectivity index (χ2n) is 7.28. The molecule has 1 heterocycles. The van der Waals surface area contributed by atoms with E-state index in [0.29, 0.717) is 5.89 Å². The molecule has 1 aromatic carbocycles. The lowest BCUT2D eigenvalue weighted by Crippen LogP contribution is -2.30. The summed E-state index contributed by atoms with van der Waals surface area (Å²) in [5, 5.41) is 2.02. The maximum atomic E-state index is 12.9. The Morgan fingerprint density at radius 1 is 1.30 bits per heavy atom. The fourth-order valence-electron chi connectivity index (χ4n) is 2.28. The van der Waals surface area contributed by atoms with Gasteiger partial charge in [0.1, 0.15) is 5.76 Å². The third-order valence-corrected chi connectivity index (χ3v) is 4.00. The van der Waals surface area contributed by atoms with Gasteiger partial charge in [0.05, 0.1) is 29.9 Å². The smallest absolute Gasteiger partial charge is 0.417 e. The van der Waals surface area contributed by atoms with Crippen molar-refractivity contribution in [2.75, 3.05) is 18.9 Å². The number of hydrogen-bond acceptors (Lipinski definition) is 4. The number of carbonyl (C=O) groups is 1. The van der Waals surface area contributed by atoms with Crippen LogP contribution in [-0.2, 0) is 22.9 Å². The molecule has 0 fully saturated rings. The summed E-state index contributed by atoms with van der Waals surface area (Å²) in [6.07, 6.45) is -2.94. The Labute approximate surface area is 160 Å². The van der Waals surface area contributed by atoms with E-state index >= 15 is 0 Å². The number of aromatic nitrogens is 1. The molecular formula is C18H21ClF3N3O2. The first-order valence-corrected chi connectivity index (χ1v) is 8.54. The van der Waals surface area contributed by atoms with Crippen LogP contribution >= 0.6 is 11.6 Å². The summed E-state index contributed by atoms with van der Waals surface area (Å²) in [6, 6.07) is 3.23. The number of alkyl halides is 3. The highest BCUT2D eigenvalue weighted by Crippen LogP contribution is 2.36. The van der Waals surface area contributed by atoms with Crippen LogP contribution in [0.25, 0.3) is 0 Å². The first-order valence-electron chi connectivity index (χ1n) is 8.16. The largest absolute Gasteiger partial charge is 0.444 e. The molecule has 0 saturated heterocycles. The zero-order chi connectivity index (χ0) is 20.4. The number of oxazole rings is 1. The molecule has 0 radical (unpaired) electrons. The van der Waals surface area contributed by atoms with E-state index in [1.165, 1.54) is 6.07 Å². The zero-order valence-electron chi connectivity index (χ0n) is 15.4. The Kier molecular flexibility index (Phi) is 6.21. The average Bonchev–Trinajstić information content (AvgIpc) is 2.96. The van der Waals surface area contributed by atoms with Crippen molar-refractivity contribution in [3.8, 4) is 0 Å². The average molecular weight is 404 g/mol. The lowest BCUT2D eigenvalue weighted by Gasteiger charge is -2.16. The monoisotopic (exact) mass is 403 g/mol. The second kappa shape index (κ2) is 7.90. The van der Waals surface area contributed by atoms with Gasteiger partial charge in [-0.25, -0.2) is 4.98 Å². The molecular weight excluding hydrogens is 383 g/mol. The van der Waals surface area contributed by atoms with Crippen LogP contribution in [0.3, 0.4) is 0 Å². The SMILES string of the molecule is CN(CC(=O)Nc1ccc(Cl)c(C(F)(F)F)c1)Cc1ncc(C(C)(C)C)o1. The van der Waals surface area contributed by atoms with Crippen LogP contribution in [0.5, 0.6) is 0 Å². The molecule has 0 aliphatic rings. The van der Waals surface area contributed by atoms with Gasteiger partial charge in [0.25, 0.3) is 0 Å². The van der Waals surface area contributed by atoms with Crippen molar-refractivity contribution in [1.29, 1.82) is 0 Å². The van der Waals surface area contributed by atoms with Gasteiger partial charge in [-0.1, -0.05) is 32.4 Å². The highest BCUT2D eigenvalue weighted by atomic mass is 35.5. The van der Waals surface area contributed by atoms with Gasteiger partial charge >= 0.3 is 6.18 Å². The van der Waals surface area contributed by atoms with Gasteiger partial charge in [-0.3, -0.25) is 9.69 Å². The minimum atomic E-state index is -4.59. The topological polar surface area (TPSA) is 58.4 Å². The van der Waals surface area contributed by atoms with E-state index in [1.807, 2.05) is 20.8 Å². The molecule has 0 unspecified atom stereocenters. The molecule has 0 atom stereocenters. The van der Waals surface area contributed by atoms with E-state index in [2.05, 4.69) is 10.3 Å². The standard InChI is InChI=1S/C18H21ClF3N3O2/c1-17(2,3)14-8-23-16(27-14)10-25(4)9-15(26)24-11-5-6-13(19)12(7-11)18(20,21)22/h5-8H,9-10H2,1-4H3,(H,24,26). The molecule has 0 aliphatic carbocycles. The number of hydrogen-bond donors (Lipinski definition) is 1. The van der Waals surface area contributed by atoms with Crippen molar-refractivity contribution < 1.29 is 22.4 Å². The third kappa shape index (κ3) is 5.97. The number of likely N-dealkylation sites (N-methyl/N-ethyl adjacent to an activating group) is 1. The summed E-state index contributed by atoms with van der Waals surface area (Å²) in [5.41, 5.74) is -1.15. The van der Waals surface area contributed by atoms with Gasteiger partial charge in [-0.05, 0) is 25.2 Å². The number of benzene rings is 1. The second-order valence-corrected chi connectivity index (χ2v) is 7.69. The number of halogens is 4. The lowest BCUT2D eigenvalue weighted by atomic mass is 9.94. The van der Waals surface area contributed by atoms with E-state index in [-0.39, 0.29) is 24.2 Å². The number of rotatable bonds is 5. The molecule has 9 heteroatoms. The van der Waals surface area contributed by atoms with Crippen LogP contribution in [0.1, 0.15) is 38.0 Å². The molecule has 2 rings (SSSR count). The summed E-state index contributed by atoms with van der Waals surface area (Å²) in [4.78, 5) is 17.9. The van der Waals surface area contributed by atoms with Crippen molar-refractivity contribution >= 4 is 23.2 Å². The van der Waals surface area contributed by atoms with Crippen molar-refractivity contribution in [3.05, 3.63) is 46.6 Å². The Hall–Kier alpha value is -2.06. The van der Waals surface area contributed by atoms with Gasteiger partial charge in [0, 0.05) is 11.1 Å². The number of carbonyl (C=O) groups excluding carboxylic acids is 1. The highest BCUT2D eigenvalue weighted by molar-refractivity contribution is 6.31. The van der Waals surface area contributed by atoms with Crippen molar-refractivity contribution in [3.63, 3.8) is 0 Å². The van der Waals surface area contributed by atoms with E-state index in [0.717, 1.165) is 17.9 Å². The van der Waals surface area contributed by atoms with Crippen LogP contribution in [0.15, 0.2) is 28.8 Å². The molecule has 1 N–H and O–H groups in total. The molecule has 5 nitrogen and oxygen atoms in total. The maximum Gasteiger partial charge on any atom is 0.417 e. The van der Waals surface area contributed by atoms with Crippen LogP contribution in [0.4, 0.5) is 18.9 Å². The molecule has 0 aliphatic heterocycles. The first-order chi connectivity index (χ1) is 12.4. The highest BCUT2D eigenvalue weighted by Gasteiger charge is 2.33. The molecule has 1 aromatic heterocycles. The number of amides is 1. The molecule has 148 valence electrons. The normalized spacial score (nSPS) is 12.5. The molecule has 0 saturated carbocycles. The zero-order valence-corrected chi connectivity index (χ0v) is 16.2. The van der Waals surface area contributed by atoms with Crippen LogP contribution < -0.4 is 5.32 Å². The summed E-state index contributed by atoms with van der Waals surface area (Å²) >= 11 is 5.57. The lowest BCUT2D eigenvalue weighted by molar-refractivity contribution is -0.137. The van der Waals surface area contributed by atoms with Gasteiger partial charge < -0.3 is 9.73 Å². The Morgan fingerprint density at radius 3 is 2.52 bits per heavy atom. The Balaban J connectivity index is 1.96. The molecule has 2 aromatic rings. The number of anilines is 1. The van der Waals surface area contributed by atoms with E-state index < -0.39 is 22.7 Å². The fraction of sp³-hybridized carbons (Fsp3) is 0.444. The Morgan fingerprint density at radius 2 is 1.96 bits per heavy atom. The summed E-state index contributed by atoms with van der Waals surface area (Å²) < 4.78 is 44.3. The third-order valence-electron chi connectivity index (χ3n) is 3.67. The number of nitrogens with one attached hydrogen (secondary N) is 1. The first kappa shape index (κ1) is 21.2. The van der Waals surface area contributed by atoms with Gasteiger partial charge in [0.2, 0.25) is 11.8 Å². The van der Waals surface area contributed by atoms with Crippen LogP contribution in [0.2, 0.25) is 5.02 Å². The minimum Gasteiger partial charge on any atom is -0.444 e. The van der Waals surface area contributed by atoms with Crippen molar-refractivity contribution in [2.45, 2.75) is 38.9 Å². The quantitative estimate of drug-likeness (QED) is 0.785.